The van der Waals surface area contributed by atoms with Crippen molar-refractivity contribution in [1.29, 1.82) is 0 Å². The Morgan fingerprint density at radius 2 is 0.671 bits per heavy atom. The van der Waals surface area contributed by atoms with Crippen LogP contribution in [0.15, 0.2) is 0 Å². The molecule has 3 rings (SSSR count). The Morgan fingerprint density at radius 3 is 0.803 bits per heavy atom. The van der Waals surface area contributed by atoms with Gasteiger partial charge in [-0.3, -0.25) is 0 Å². The Bertz CT molecular complexity index is 2100. The van der Waals surface area contributed by atoms with Gasteiger partial charge in [-0.25, -0.2) is 84.8 Å². The van der Waals surface area contributed by atoms with Crippen molar-refractivity contribution in [2.45, 2.75) is 125 Å². The minimum absolute atomic E-state index is 0. The van der Waals surface area contributed by atoms with Crippen LogP contribution in [0, 0.1) is 0 Å². The smallest absolute Gasteiger partial charge is 0.735 e. The van der Waals surface area contributed by atoms with Crippen molar-refractivity contribution in [1.82, 2.24) is 30.6 Å². The molecule has 0 unspecified atom stereocenters. The fraction of sp³-hybridized carbons (Fsp3) is 1.00. The molecule has 3 saturated heterocycles. The van der Waals surface area contributed by atoms with Gasteiger partial charge < -0.3 is 36.6 Å². The standard InChI is InChI=1S/C8H19NO3S.C6H15NO3S.C5H11NO3S.C4H9NO4S.C4H9NO3S.C4H11NO3S.F2HNO3S.7Li/c1-3-5-7-9(8-6-4-2)13(10,11)12;1-5(2)7(6(3)4)11(8,9)10;7-10(8,9)6-4-2-1-3-5-6;6-10(7,8)5-1-3-9-4-2-5;6-9(7,8)5-3-1-2-4-5;1-3-5(4-2)9(6,7)8;1-3(2)7(4,5)6;;;;;;;/h3-8H2,1-2H3,(H,10,11,12);5-6H,1-4H3,(H,8,9,10);1-5H2,(H,7,8,9);1-4H2,(H,6,7,8);1-4H2,(H,6,7,8);3-4H2,1-2H3,(H,6,7,8);(H,4,5,6);;;;;;;/q;;;;;;;7*+1/p-7. The van der Waals surface area contributed by atoms with Crippen LogP contribution in [-0.4, -0.2) is 212 Å². The number of ether oxygens (including phenoxy) is 1. The molecule has 0 saturated carbocycles. The number of hydrogen-bond donors (Lipinski definition) is 0. The van der Waals surface area contributed by atoms with Gasteiger partial charge in [0.25, 0.3) is 0 Å². The molecule has 422 valence electrons. The van der Waals surface area contributed by atoms with Gasteiger partial charge in [0, 0.05) is 77.5 Å². The van der Waals surface area contributed by atoms with Gasteiger partial charge in [-0.05, 0) is 66.2 Å². The monoisotopic (exact) mass is 1200 g/mol. The summed E-state index contributed by atoms with van der Waals surface area (Å²) < 4.78 is 243. The van der Waals surface area contributed by atoms with Crippen molar-refractivity contribution in [2.24, 2.45) is 0 Å². The van der Waals surface area contributed by atoms with Crippen LogP contribution in [0.3, 0.4) is 0 Å². The van der Waals surface area contributed by atoms with E-state index in [-0.39, 0.29) is 170 Å². The van der Waals surface area contributed by atoms with E-state index in [4.69, 9.17) is 17.7 Å². The first-order valence-electron chi connectivity index (χ1n) is 21.0. The van der Waals surface area contributed by atoms with Gasteiger partial charge in [-0.15, -0.1) is 0 Å². The molecule has 0 aromatic heterocycles. The molecular weight excluding hydrogens is 1130 g/mol. The van der Waals surface area contributed by atoms with Gasteiger partial charge in [0.1, 0.15) is 4.75 Å². The van der Waals surface area contributed by atoms with E-state index in [0.29, 0.717) is 52.5 Å². The van der Waals surface area contributed by atoms with Crippen molar-refractivity contribution in [3.05, 3.63) is 0 Å². The molecule has 29 nitrogen and oxygen atoms in total. The summed E-state index contributed by atoms with van der Waals surface area (Å²) >= 11 is 0. The number of morpholine rings is 1. The van der Waals surface area contributed by atoms with Crippen LogP contribution in [-0.2, 0) is 76.9 Å². The van der Waals surface area contributed by atoms with Crippen LogP contribution in [0.2, 0.25) is 0 Å². The SMILES string of the molecule is CC(C)N(C(C)C)S(=O)(=O)[O-].CCCCN(CCCC)S(=O)(=O)[O-].CCN(CC)S(=O)(=O)[O-].O=S(=O)([O-])N(F)F.O=S(=O)([O-])N1CCCC1.O=S(=O)([O-])N1CCCCC1.O=S(=O)([O-])N1CCOCC1.[Li+].[Li+].[Li+].[Li+].[Li+].[Li+].[Li+]. The van der Waals surface area contributed by atoms with Crippen molar-refractivity contribution < 1.29 is 237 Å². The molecule has 0 atom stereocenters. The Labute approximate surface area is 537 Å². The maximum Gasteiger partial charge on any atom is 1.00 e. The first-order chi connectivity index (χ1) is 31.1. The summed E-state index contributed by atoms with van der Waals surface area (Å²) in [4.78, 5) is 0. The first kappa shape index (κ1) is 104. The minimum Gasteiger partial charge on any atom is -0.735 e. The fourth-order valence-electron chi connectivity index (χ4n) is 5.43. The molecule has 0 aliphatic carbocycles. The van der Waals surface area contributed by atoms with Crippen molar-refractivity contribution in [3.63, 3.8) is 0 Å². The quantitative estimate of drug-likeness (QED) is 0.0741. The van der Waals surface area contributed by atoms with E-state index in [2.05, 4.69) is 0 Å². The fourth-order valence-corrected chi connectivity index (χ4v) is 9.81. The first-order valence-corrected chi connectivity index (χ1v) is 30.6. The average Bonchev–Trinajstić information content (AvgIpc) is 3.75. The van der Waals surface area contributed by atoms with E-state index < -0.39 is 76.9 Å². The summed E-state index contributed by atoms with van der Waals surface area (Å²) in [6.07, 6.45) is 7.63. The molecule has 3 heterocycles. The molecule has 0 aromatic carbocycles. The van der Waals surface area contributed by atoms with Gasteiger partial charge in [-0.2, -0.15) is 0 Å². The molecule has 76 heavy (non-hydrogen) atoms. The Morgan fingerprint density at radius 1 is 0.421 bits per heavy atom. The van der Waals surface area contributed by atoms with E-state index in [9.17, 15) is 86.8 Å². The minimum atomic E-state index is -5.49. The zero-order chi connectivity index (χ0) is 55.3. The molecule has 0 radical (unpaired) electrons. The molecule has 0 amide bonds. The topological polar surface area (TPSA) is 432 Å². The van der Waals surface area contributed by atoms with Crippen LogP contribution in [0.25, 0.3) is 0 Å². The van der Waals surface area contributed by atoms with E-state index in [0.717, 1.165) is 83.6 Å². The maximum atomic E-state index is 10.7. The van der Waals surface area contributed by atoms with Gasteiger partial charge >= 0.3 is 132 Å². The van der Waals surface area contributed by atoms with Crippen molar-refractivity contribution in [2.75, 3.05) is 78.7 Å². The third-order valence-corrected chi connectivity index (χ3v) is 15.4. The molecule has 45 heteroatoms. The predicted molar refractivity (Wildman–Crippen MR) is 237 cm³/mol. The van der Waals surface area contributed by atoms with E-state index in [1.165, 1.54) is 0 Å². The van der Waals surface area contributed by atoms with E-state index in [1.54, 1.807) is 41.5 Å². The number of halogens is 2. The zero-order valence-corrected chi connectivity index (χ0v) is 52.4. The molecule has 3 aliphatic heterocycles. The van der Waals surface area contributed by atoms with Crippen LogP contribution in [0.4, 0.5) is 8.96 Å². The predicted octanol–water partition coefficient (Wildman–Crippen LogP) is -21.5. The Hall–Kier alpha value is 3.09. The van der Waals surface area contributed by atoms with E-state index >= 15 is 0 Å². The largest absolute Gasteiger partial charge is 1.00 e. The second-order valence-electron chi connectivity index (χ2n) is 14.7. The van der Waals surface area contributed by atoms with Gasteiger partial charge in [0.15, 0.2) is 61.8 Å². The number of unbranched alkanes of at least 4 members (excludes halogenated alkanes) is 2. The van der Waals surface area contributed by atoms with Gasteiger partial charge in [-0.1, -0.05) is 55.9 Å². The number of piperidine rings is 1. The van der Waals surface area contributed by atoms with Crippen LogP contribution in [0.1, 0.15) is 113 Å². The second kappa shape index (κ2) is 52.4. The summed E-state index contributed by atoms with van der Waals surface area (Å²) in [6.45, 7) is 17.8. The van der Waals surface area contributed by atoms with Gasteiger partial charge in [0.05, 0.1) is 13.2 Å². The molecule has 0 bridgehead atoms. The normalized spacial score (nSPS) is 15.4. The van der Waals surface area contributed by atoms with Crippen LogP contribution < -0.4 is 132 Å². The zero-order valence-electron chi connectivity index (χ0n) is 46.7. The number of nitrogens with zero attached hydrogens (tertiary/aromatic N) is 7. The third kappa shape index (κ3) is 57.5. The summed E-state index contributed by atoms with van der Waals surface area (Å²) in [6, 6.07) is -0.532. The van der Waals surface area contributed by atoms with Crippen molar-refractivity contribution in [3.8, 4) is 0 Å². The van der Waals surface area contributed by atoms with Crippen LogP contribution >= 0.6 is 0 Å². The van der Waals surface area contributed by atoms with Crippen LogP contribution in [0.5, 0.6) is 0 Å². The number of rotatable bonds is 17. The third-order valence-electron chi connectivity index (χ3n) is 8.60. The molecule has 0 aromatic rings. The molecule has 0 N–H and O–H groups in total. The second-order valence-corrected chi connectivity index (χ2v) is 23.9. The average molecular weight is 1200 g/mol. The summed E-state index contributed by atoms with van der Waals surface area (Å²) in [5.41, 5.74) is 0. The number of hydrogen-bond acceptors (Lipinski definition) is 22. The summed E-state index contributed by atoms with van der Waals surface area (Å²) in [5.74, 6) is 0. The molecular formula is C31H68F2Li7N7O22S7. The maximum absolute atomic E-state index is 10.7. The Kier molecular flexibility index (Phi) is 71.8. The Balaban J connectivity index is -0.0000000714. The summed E-state index contributed by atoms with van der Waals surface area (Å²) in [7, 11) is -30.7. The van der Waals surface area contributed by atoms with Crippen molar-refractivity contribution >= 4 is 72.1 Å². The molecule has 3 aliphatic rings. The molecule has 3 fully saturated rings. The van der Waals surface area contributed by atoms with E-state index in [1.807, 2.05) is 13.8 Å². The van der Waals surface area contributed by atoms with Gasteiger partial charge in [0.2, 0.25) is 10.3 Å². The molecule has 0 spiro atoms. The summed E-state index contributed by atoms with van der Waals surface area (Å²) in [5, 5.41) is 0.